The summed E-state index contributed by atoms with van der Waals surface area (Å²) < 4.78 is 5.33. The van der Waals surface area contributed by atoms with Crippen LogP contribution in [-0.4, -0.2) is 24.9 Å². The molecule has 2 aliphatic rings. The second-order valence-corrected chi connectivity index (χ2v) is 4.92. The van der Waals surface area contributed by atoms with Crippen LogP contribution in [0, 0.1) is 5.92 Å². The van der Waals surface area contributed by atoms with Gasteiger partial charge in [0.25, 0.3) is 0 Å². The molecule has 0 bridgehead atoms. The minimum Gasteiger partial charge on any atom is -0.381 e. The van der Waals surface area contributed by atoms with Gasteiger partial charge in [-0.15, -0.1) is 5.11 Å². The predicted molar refractivity (Wildman–Crippen MR) is 64.9 cm³/mol. The van der Waals surface area contributed by atoms with E-state index >= 15 is 0 Å². The molecule has 1 amide bonds. The molecule has 0 aromatic heterocycles. The number of amides is 1. The second kappa shape index (κ2) is 6.00. The average molecular weight is 250 g/mol. The molecule has 0 spiro atoms. The van der Waals surface area contributed by atoms with Crippen molar-refractivity contribution in [2.24, 2.45) is 16.1 Å². The molecule has 0 aromatic rings. The molecule has 0 aromatic carbocycles. The molecular weight excluding hydrogens is 232 g/mol. The second-order valence-electron chi connectivity index (χ2n) is 4.92. The van der Waals surface area contributed by atoms with E-state index in [4.69, 9.17) is 4.74 Å². The van der Waals surface area contributed by atoms with E-state index in [-0.39, 0.29) is 0 Å². The summed E-state index contributed by atoms with van der Waals surface area (Å²) in [6.07, 6.45) is 8.00. The normalized spacial score (nSPS) is 28.4. The topological polar surface area (TPSA) is 68.1 Å². The van der Waals surface area contributed by atoms with Crippen molar-refractivity contribution in [3.8, 4) is 0 Å². The number of carbonyl (C=O) groups excluding carboxylic acids is 2. The van der Waals surface area contributed by atoms with Gasteiger partial charge in [-0.2, -0.15) is 5.11 Å². The standard InChI is InChI=1S/C13H18N2O3/c1-18-11-6-3-9(4-7-11)2-5-10-8-12(16)13(17)15-14-10/h8-9,11H,2-7H2,1H3. The first kappa shape index (κ1) is 13.1. The lowest BCUT2D eigenvalue weighted by Gasteiger charge is -2.27. The third kappa shape index (κ3) is 3.32. The van der Waals surface area contributed by atoms with Crippen molar-refractivity contribution in [3.05, 3.63) is 11.8 Å². The van der Waals surface area contributed by atoms with Gasteiger partial charge in [0.1, 0.15) is 0 Å². The van der Waals surface area contributed by atoms with Crippen molar-refractivity contribution in [2.45, 2.75) is 44.6 Å². The molecule has 0 saturated heterocycles. The van der Waals surface area contributed by atoms with Gasteiger partial charge in [0.2, 0.25) is 5.78 Å². The molecule has 1 aliphatic carbocycles. The fraction of sp³-hybridized carbons (Fsp3) is 0.692. The lowest BCUT2D eigenvalue weighted by Crippen LogP contribution is -2.20. The van der Waals surface area contributed by atoms with Gasteiger partial charge in [0.05, 0.1) is 11.8 Å². The molecule has 0 N–H and O–H groups in total. The van der Waals surface area contributed by atoms with Gasteiger partial charge in [-0.1, -0.05) is 0 Å². The molecule has 1 fully saturated rings. The van der Waals surface area contributed by atoms with E-state index in [0.717, 1.165) is 38.5 Å². The Bertz CT molecular complexity index is 393. The first-order chi connectivity index (χ1) is 8.69. The van der Waals surface area contributed by atoms with Crippen LogP contribution in [-0.2, 0) is 14.3 Å². The fourth-order valence-corrected chi connectivity index (χ4v) is 2.53. The summed E-state index contributed by atoms with van der Waals surface area (Å²) in [5.74, 6) is -0.650. The van der Waals surface area contributed by atoms with Crippen molar-refractivity contribution >= 4 is 11.7 Å². The highest BCUT2D eigenvalue weighted by molar-refractivity contribution is 6.41. The van der Waals surface area contributed by atoms with Crippen molar-refractivity contribution < 1.29 is 14.3 Å². The summed E-state index contributed by atoms with van der Waals surface area (Å²) in [4.78, 5) is 22.0. The quantitative estimate of drug-likeness (QED) is 0.719. The van der Waals surface area contributed by atoms with Crippen molar-refractivity contribution in [2.75, 3.05) is 7.11 Å². The minimum absolute atomic E-state index is 0.411. The number of rotatable bonds is 4. The Morgan fingerprint density at radius 1 is 1.22 bits per heavy atom. The largest absolute Gasteiger partial charge is 0.381 e. The van der Waals surface area contributed by atoms with Crippen LogP contribution in [0.1, 0.15) is 38.5 Å². The lowest BCUT2D eigenvalue weighted by molar-refractivity contribution is -0.133. The summed E-state index contributed by atoms with van der Waals surface area (Å²) in [7, 11) is 1.76. The van der Waals surface area contributed by atoms with Crippen LogP contribution in [0.4, 0.5) is 0 Å². The number of ether oxygens (including phenoxy) is 1. The van der Waals surface area contributed by atoms with Crippen LogP contribution in [0.3, 0.4) is 0 Å². The van der Waals surface area contributed by atoms with E-state index < -0.39 is 11.7 Å². The summed E-state index contributed by atoms with van der Waals surface area (Å²) in [6.45, 7) is 0. The molecule has 2 rings (SSSR count). The molecule has 0 unspecified atom stereocenters. The van der Waals surface area contributed by atoms with E-state index in [2.05, 4.69) is 10.2 Å². The molecule has 5 heteroatoms. The third-order valence-electron chi connectivity index (χ3n) is 3.71. The van der Waals surface area contributed by atoms with Gasteiger partial charge in [-0.05, 0) is 44.4 Å². The van der Waals surface area contributed by atoms with Crippen LogP contribution >= 0.6 is 0 Å². The molecule has 1 heterocycles. The molecule has 0 radical (unpaired) electrons. The summed E-state index contributed by atoms with van der Waals surface area (Å²) in [6, 6.07) is 0. The van der Waals surface area contributed by atoms with E-state index in [1.54, 1.807) is 7.11 Å². The van der Waals surface area contributed by atoms with Crippen LogP contribution < -0.4 is 0 Å². The first-order valence-corrected chi connectivity index (χ1v) is 6.42. The fourth-order valence-electron chi connectivity index (χ4n) is 2.53. The number of allylic oxidation sites excluding steroid dienone is 1. The molecule has 1 saturated carbocycles. The van der Waals surface area contributed by atoms with Crippen molar-refractivity contribution in [1.82, 2.24) is 0 Å². The Kier molecular flexibility index (Phi) is 4.36. The van der Waals surface area contributed by atoms with E-state index in [1.165, 1.54) is 6.08 Å². The highest BCUT2D eigenvalue weighted by Crippen LogP contribution is 2.30. The monoisotopic (exact) mass is 250 g/mol. The number of hydrogen-bond donors (Lipinski definition) is 0. The Balaban J connectivity index is 1.76. The van der Waals surface area contributed by atoms with Gasteiger partial charge in [0, 0.05) is 13.2 Å². The number of nitrogens with zero attached hydrogens (tertiary/aromatic N) is 2. The highest BCUT2D eigenvalue weighted by atomic mass is 16.5. The van der Waals surface area contributed by atoms with Gasteiger partial charge in [0.15, 0.2) is 0 Å². The number of ketones is 1. The summed E-state index contributed by atoms with van der Waals surface area (Å²) >= 11 is 0. The minimum atomic E-state index is -0.764. The van der Waals surface area contributed by atoms with Gasteiger partial charge >= 0.3 is 5.91 Å². The van der Waals surface area contributed by atoms with Gasteiger partial charge in [-0.3, -0.25) is 9.59 Å². The maximum atomic E-state index is 11.1. The maximum Gasteiger partial charge on any atom is 0.335 e. The Morgan fingerprint density at radius 3 is 2.56 bits per heavy atom. The number of azo groups is 1. The average Bonchev–Trinajstić information content (AvgIpc) is 2.41. The number of carbonyl (C=O) groups is 2. The van der Waals surface area contributed by atoms with E-state index in [0.29, 0.717) is 17.7 Å². The van der Waals surface area contributed by atoms with Crippen LogP contribution in [0.2, 0.25) is 0 Å². The molecule has 5 nitrogen and oxygen atoms in total. The van der Waals surface area contributed by atoms with Crippen LogP contribution in [0.25, 0.3) is 0 Å². The number of hydrogen-bond acceptors (Lipinski definition) is 4. The third-order valence-corrected chi connectivity index (χ3v) is 3.71. The summed E-state index contributed by atoms with van der Waals surface area (Å²) in [5.41, 5.74) is 0.633. The Labute approximate surface area is 106 Å². The molecular formula is C13H18N2O3. The van der Waals surface area contributed by atoms with Crippen molar-refractivity contribution in [1.29, 1.82) is 0 Å². The zero-order valence-electron chi connectivity index (χ0n) is 10.6. The lowest BCUT2D eigenvalue weighted by atomic mass is 9.84. The van der Waals surface area contributed by atoms with Crippen LogP contribution in [0.15, 0.2) is 22.0 Å². The van der Waals surface area contributed by atoms with Gasteiger partial charge < -0.3 is 4.74 Å². The molecule has 18 heavy (non-hydrogen) atoms. The van der Waals surface area contributed by atoms with E-state index in [1.807, 2.05) is 0 Å². The number of methoxy groups -OCH3 is 1. The smallest absolute Gasteiger partial charge is 0.335 e. The SMILES string of the molecule is COC1CCC(CCC2=CC(=O)C(=O)N=N2)CC1. The first-order valence-electron chi connectivity index (χ1n) is 6.42. The maximum absolute atomic E-state index is 11.1. The van der Waals surface area contributed by atoms with Gasteiger partial charge in [-0.25, -0.2) is 0 Å². The van der Waals surface area contributed by atoms with E-state index in [9.17, 15) is 9.59 Å². The Morgan fingerprint density at radius 2 is 1.94 bits per heavy atom. The molecule has 0 atom stereocenters. The zero-order valence-corrected chi connectivity index (χ0v) is 10.6. The van der Waals surface area contributed by atoms with Crippen LogP contribution in [0.5, 0.6) is 0 Å². The summed E-state index contributed by atoms with van der Waals surface area (Å²) in [5, 5.41) is 7.10. The molecule has 1 aliphatic heterocycles. The predicted octanol–water partition coefficient (Wildman–Crippen LogP) is 2.42. The van der Waals surface area contributed by atoms with Crippen molar-refractivity contribution in [3.63, 3.8) is 0 Å². The Hall–Kier alpha value is -1.36. The zero-order chi connectivity index (χ0) is 13.0. The highest BCUT2D eigenvalue weighted by Gasteiger charge is 2.22. The molecule has 98 valence electrons.